The highest BCUT2D eigenvalue weighted by atomic mass is 16.4. The summed E-state index contributed by atoms with van der Waals surface area (Å²) in [6.07, 6.45) is 4.59. The Balaban J connectivity index is 2.48. The summed E-state index contributed by atoms with van der Waals surface area (Å²) in [5.74, 6) is -0.620. The smallest absolute Gasteiger partial charge is 0.320 e. The van der Waals surface area contributed by atoms with Gasteiger partial charge in [0.2, 0.25) is 5.95 Å². The highest BCUT2D eigenvalue weighted by Crippen LogP contribution is 2.01. The quantitative estimate of drug-likeness (QED) is 0.646. The van der Waals surface area contributed by atoms with Crippen LogP contribution in [0.2, 0.25) is 0 Å². The van der Waals surface area contributed by atoms with E-state index in [4.69, 9.17) is 10.8 Å². The largest absolute Gasteiger partial charge is 0.480 e. The Hall–Kier alpha value is -1.69. The van der Waals surface area contributed by atoms with Crippen LogP contribution in [-0.2, 0) is 11.3 Å². The van der Waals surface area contributed by atoms with Gasteiger partial charge in [-0.2, -0.15) is 0 Å². The average molecular weight is 224 g/mol. The summed E-state index contributed by atoms with van der Waals surface area (Å²) in [5.41, 5.74) is 6.16. The van der Waals surface area contributed by atoms with Crippen LogP contribution in [0.15, 0.2) is 12.4 Å². The van der Waals surface area contributed by atoms with Crippen molar-refractivity contribution in [3.05, 3.63) is 18.0 Å². The van der Waals surface area contributed by atoms with Crippen molar-refractivity contribution >= 4 is 11.9 Å². The molecule has 1 rings (SSSR count). The molecule has 0 radical (unpaired) electrons. The lowest BCUT2D eigenvalue weighted by Crippen LogP contribution is -2.36. The van der Waals surface area contributed by atoms with E-state index >= 15 is 0 Å². The number of nitrogen functional groups attached to an aromatic ring is 1. The number of hydrogen-bond donors (Lipinski definition) is 3. The molecule has 6 nitrogen and oxygen atoms in total. The van der Waals surface area contributed by atoms with Gasteiger partial charge in [-0.3, -0.25) is 4.79 Å². The van der Waals surface area contributed by atoms with Gasteiger partial charge in [0, 0.05) is 24.5 Å². The summed E-state index contributed by atoms with van der Waals surface area (Å²) >= 11 is 0. The second-order valence-electron chi connectivity index (χ2n) is 3.51. The molecule has 1 aromatic rings. The molecule has 16 heavy (non-hydrogen) atoms. The third kappa shape index (κ3) is 3.82. The molecule has 1 heterocycles. The third-order valence-electron chi connectivity index (χ3n) is 2.15. The van der Waals surface area contributed by atoms with Crippen LogP contribution in [0.4, 0.5) is 5.95 Å². The second-order valence-corrected chi connectivity index (χ2v) is 3.51. The van der Waals surface area contributed by atoms with Gasteiger partial charge < -0.3 is 16.2 Å². The Kier molecular flexibility index (Phi) is 4.65. The molecule has 0 unspecified atom stereocenters. The van der Waals surface area contributed by atoms with Gasteiger partial charge in [0.1, 0.15) is 6.04 Å². The van der Waals surface area contributed by atoms with Crippen LogP contribution in [0, 0.1) is 0 Å². The Morgan fingerprint density at radius 3 is 2.69 bits per heavy atom. The molecule has 0 bridgehead atoms. The van der Waals surface area contributed by atoms with Crippen molar-refractivity contribution in [3.63, 3.8) is 0 Å². The van der Waals surface area contributed by atoms with E-state index in [1.54, 1.807) is 12.4 Å². The van der Waals surface area contributed by atoms with Crippen LogP contribution in [0.25, 0.3) is 0 Å². The van der Waals surface area contributed by atoms with Crippen molar-refractivity contribution in [2.24, 2.45) is 0 Å². The number of carbonyl (C=O) groups is 1. The summed E-state index contributed by atoms with van der Waals surface area (Å²) in [5, 5.41) is 11.8. The summed E-state index contributed by atoms with van der Waals surface area (Å²) in [6.45, 7) is 2.38. The fourth-order valence-electron chi connectivity index (χ4n) is 1.30. The van der Waals surface area contributed by atoms with Gasteiger partial charge in [-0.25, -0.2) is 9.97 Å². The van der Waals surface area contributed by atoms with Crippen LogP contribution >= 0.6 is 0 Å². The Labute approximate surface area is 93.9 Å². The van der Waals surface area contributed by atoms with Gasteiger partial charge in [-0.05, 0) is 6.42 Å². The van der Waals surface area contributed by atoms with Crippen LogP contribution in [0.3, 0.4) is 0 Å². The number of anilines is 1. The second kappa shape index (κ2) is 6.02. The standard InChI is InChI=1S/C10H16N4O2/c1-2-3-8(9(15)16)12-4-7-5-13-10(11)14-6-7/h5-6,8,12H,2-4H2,1H3,(H,15,16)(H2,11,13,14)/t8-/m1/s1. The SMILES string of the molecule is CCC[C@@H](NCc1cnc(N)nc1)C(=O)O. The number of aromatic nitrogens is 2. The van der Waals surface area contributed by atoms with E-state index in [0.29, 0.717) is 13.0 Å². The van der Waals surface area contributed by atoms with E-state index in [2.05, 4.69) is 15.3 Å². The van der Waals surface area contributed by atoms with E-state index < -0.39 is 12.0 Å². The van der Waals surface area contributed by atoms with Crippen LogP contribution < -0.4 is 11.1 Å². The molecule has 0 aliphatic heterocycles. The molecular formula is C10H16N4O2. The van der Waals surface area contributed by atoms with Gasteiger partial charge in [0.05, 0.1) is 0 Å². The molecule has 88 valence electrons. The monoisotopic (exact) mass is 224 g/mol. The topological polar surface area (TPSA) is 101 Å². The van der Waals surface area contributed by atoms with Gasteiger partial charge in [0.15, 0.2) is 0 Å². The minimum atomic E-state index is -0.835. The summed E-state index contributed by atoms with van der Waals surface area (Å²) in [7, 11) is 0. The van der Waals surface area contributed by atoms with Crippen molar-refractivity contribution in [2.45, 2.75) is 32.4 Å². The molecule has 0 fully saturated rings. The normalized spacial score (nSPS) is 12.3. The average Bonchev–Trinajstić information content (AvgIpc) is 2.26. The molecule has 0 saturated heterocycles. The molecule has 0 aromatic carbocycles. The predicted molar refractivity (Wildman–Crippen MR) is 59.6 cm³/mol. The van der Waals surface area contributed by atoms with E-state index in [-0.39, 0.29) is 5.95 Å². The third-order valence-corrected chi connectivity index (χ3v) is 2.15. The van der Waals surface area contributed by atoms with Crippen molar-refractivity contribution in [3.8, 4) is 0 Å². The highest BCUT2D eigenvalue weighted by molar-refractivity contribution is 5.73. The molecule has 1 aromatic heterocycles. The van der Waals surface area contributed by atoms with Crippen molar-refractivity contribution in [2.75, 3.05) is 5.73 Å². The van der Waals surface area contributed by atoms with E-state index in [1.807, 2.05) is 6.92 Å². The number of carboxylic acids is 1. The number of nitrogens with zero attached hydrogens (tertiary/aromatic N) is 2. The van der Waals surface area contributed by atoms with Crippen LogP contribution in [0.5, 0.6) is 0 Å². The molecular weight excluding hydrogens is 208 g/mol. The lowest BCUT2D eigenvalue weighted by atomic mass is 10.1. The number of hydrogen-bond acceptors (Lipinski definition) is 5. The van der Waals surface area contributed by atoms with Crippen molar-refractivity contribution < 1.29 is 9.90 Å². The summed E-state index contributed by atoms with van der Waals surface area (Å²) in [4.78, 5) is 18.5. The predicted octanol–water partition coefficient (Wildman–Crippen LogP) is 0.402. The maximum atomic E-state index is 10.9. The lowest BCUT2D eigenvalue weighted by molar-refractivity contribution is -0.139. The zero-order valence-corrected chi connectivity index (χ0v) is 9.18. The molecule has 6 heteroatoms. The zero-order valence-electron chi connectivity index (χ0n) is 9.18. The number of nitrogens with two attached hydrogens (primary N) is 1. The maximum Gasteiger partial charge on any atom is 0.320 e. The first kappa shape index (κ1) is 12.4. The van der Waals surface area contributed by atoms with Gasteiger partial charge in [-0.15, -0.1) is 0 Å². The molecule has 0 saturated carbocycles. The van der Waals surface area contributed by atoms with Crippen molar-refractivity contribution in [1.82, 2.24) is 15.3 Å². The first-order valence-electron chi connectivity index (χ1n) is 5.16. The Morgan fingerprint density at radius 2 is 2.19 bits per heavy atom. The van der Waals surface area contributed by atoms with Gasteiger partial charge >= 0.3 is 5.97 Å². The minimum Gasteiger partial charge on any atom is -0.480 e. The minimum absolute atomic E-state index is 0.215. The molecule has 1 atom stereocenters. The van der Waals surface area contributed by atoms with E-state index in [0.717, 1.165) is 12.0 Å². The molecule has 0 amide bonds. The fraction of sp³-hybridized carbons (Fsp3) is 0.500. The van der Waals surface area contributed by atoms with Crippen LogP contribution in [0.1, 0.15) is 25.3 Å². The summed E-state index contributed by atoms with van der Waals surface area (Å²) in [6, 6.07) is -0.525. The van der Waals surface area contributed by atoms with Gasteiger partial charge in [-0.1, -0.05) is 13.3 Å². The van der Waals surface area contributed by atoms with Crippen molar-refractivity contribution in [1.29, 1.82) is 0 Å². The molecule has 4 N–H and O–H groups in total. The van der Waals surface area contributed by atoms with E-state index in [1.165, 1.54) is 0 Å². The number of aliphatic carboxylic acids is 1. The molecule has 0 spiro atoms. The summed E-state index contributed by atoms with van der Waals surface area (Å²) < 4.78 is 0. The fourth-order valence-corrected chi connectivity index (χ4v) is 1.30. The number of carboxylic acid groups (broad SMARTS) is 1. The Bertz CT molecular complexity index is 339. The molecule has 0 aliphatic rings. The lowest BCUT2D eigenvalue weighted by Gasteiger charge is -2.12. The number of nitrogens with one attached hydrogen (secondary N) is 1. The van der Waals surface area contributed by atoms with Gasteiger partial charge in [0.25, 0.3) is 0 Å². The highest BCUT2D eigenvalue weighted by Gasteiger charge is 2.14. The maximum absolute atomic E-state index is 10.9. The van der Waals surface area contributed by atoms with E-state index in [9.17, 15) is 4.79 Å². The first-order valence-corrected chi connectivity index (χ1v) is 5.16. The molecule has 0 aliphatic carbocycles. The Morgan fingerprint density at radius 1 is 1.56 bits per heavy atom. The number of rotatable bonds is 6. The zero-order chi connectivity index (χ0) is 12.0. The first-order chi connectivity index (χ1) is 7.63. The van der Waals surface area contributed by atoms with Crippen LogP contribution in [-0.4, -0.2) is 27.1 Å².